The SMILES string of the molecule is COc1cc([C@@H]2c3cc4c(cc3[C@@H](O[C@@H]3OC5CO[C@@H](C)OC5[C@H](O)[C@H]3O)C3COC(=O)C32)OCO4)cc(OC)c1O. The number of hydrogen-bond donors (Lipinski definition) is 3. The molecule has 42 heavy (non-hydrogen) atoms. The van der Waals surface area contributed by atoms with Gasteiger partial charge in [-0.05, 0) is 47.9 Å². The zero-order valence-electron chi connectivity index (χ0n) is 23.1. The topological polar surface area (TPSA) is 161 Å². The van der Waals surface area contributed by atoms with Crippen molar-refractivity contribution in [2.24, 2.45) is 11.8 Å². The van der Waals surface area contributed by atoms with E-state index in [0.717, 1.165) is 0 Å². The Morgan fingerprint density at radius 2 is 1.57 bits per heavy atom. The number of phenolic OH excluding ortho intramolecular Hbond substituents is 1. The molecule has 5 aliphatic rings. The number of cyclic esters (lactones) is 1. The molecule has 0 radical (unpaired) electrons. The Bertz CT molecular complexity index is 1350. The molecule has 3 saturated heterocycles. The van der Waals surface area contributed by atoms with Crippen LogP contribution in [-0.2, 0) is 28.5 Å². The maximum absolute atomic E-state index is 13.4. The molecule has 10 atom stereocenters. The highest BCUT2D eigenvalue weighted by molar-refractivity contribution is 5.79. The summed E-state index contributed by atoms with van der Waals surface area (Å²) in [5.74, 6) is -1.02. The van der Waals surface area contributed by atoms with Crippen molar-refractivity contribution in [1.82, 2.24) is 0 Å². The zero-order valence-corrected chi connectivity index (χ0v) is 23.1. The highest BCUT2D eigenvalue weighted by atomic mass is 16.8. The van der Waals surface area contributed by atoms with Gasteiger partial charge in [-0.25, -0.2) is 0 Å². The van der Waals surface area contributed by atoms with Gasteiger partial charge < -0.3 is 58.0 Å². The van der Waals surface area contributed by atoms with Crippen LogP contribution in [-0.4, -0.2) is 92.5 Å². The lowest BCUT2D eigenvalue weighted by molar-refractivity contribution is -0.364. The second kappa shape index (κ2) is 10.4. The Morgan fingerprint density at radius 1 is 0.881 bits per heavy atom. The van der Waals surface area contributed by atoms with E-state index in [2.05, 4.69) is 0 Å². The predicted molar refractivity (Wildman–Crippen MR) is 138 cm³/mol. The summed E-state index contributed by atoms with van der Waals surface area (Å²) in [4.78, 5) is 13.4. The minimum Gasteiger partial charge on any atom is -0.502 e. The largest absolute Gasteiger partial charge is 0.502 e. The molecule has 0 spiro atoms. The van der Waals surface area contributed by atoms with Gasteiger partial charge in [0.05, 0.1) is 39.5 Å². The normalized spacial score (nSPS) is 36.5. The Hall–Kier alpha value is -3.33. The Balaban J connectivity index is 1.32. The van der Waals surface area contributed by atoms with Crippen LogP contribution in [0.1, 0.15) is 35.6 Å². The third-order valence-electron chi connectivity index (χ3n) is 8.75. The standard InChI is InChI=1S/C29H32O13/c1-11-36-9-20-27(40-11)24(31)25(32)29(41-20)42-26-14-7-17-16(38-10-39-17)6-13(14)21(22-15(26)8-37-28(22)33)12-4-18(34-2)23(30)19(5-12)35-3/h4-7,11,15,20-22,24-27,29-32H,8-10H2,1-3H3/t11-,15?,20?,21-,22?,24-,25-,26-,27?,29+/m1/s1. The number of phenols is 1. The van der Waals surface area contributed by atoms with Gasteiger partial charge in [-0.2, -0.15) is 0 Å². The van der Waals surface area contributed by atoms with Crippen molar-refractivity contribution in [1.29, 1.82) is 0 Å². The molecule has 0 bridgehead atoms. The molecular weight excluding hydrogens is 556 g/mol. The maximum atomic E-state index is 13.4. The van der Waals surface area contributed by atoms with Crippen molar-refractivity contribution < 1.29 is 62.7 Å². The number of aliphatic hydroxyl groups is 2. The van der Waals surface area contributed by atoms with Crippen molar-refractivity contribution in [3.63, 3.8) is 0 Å². The third-order valence-corrected chi connectivity index (χ3v) is 8.75. The smallest absolute Gasteiger partial charge is 0.310 e. The first-order valence-electron chi connectivity index (χ1n) is 13.8. The van der Waals surface area contributed by atoms with Gasteiger partial charge in [0, 0.05) is 11.8 Å². The highest BCUT2D eigenvalue weighted by Crippen LogP contribution is 2.57. The van der Waals surface area contributed by atoms with E-state index >= 15 is 0 Å². The molecule has 7 rings (SSSR count). The molecule has 13 nitrogen and oxygen atoms in total. The molecule has 0 aromatic heterocycles. The number of fused-ring (bicyclic) bond motifs is 4. The minimum absolute atomic E-state index is 0.0301. The maximum Gasteiger partial charge on any atom is 0.310 e. The van der Waals surface area contributed by atoms with Crippen LogP contribution >= 0.6 is 0 Å². The summed E-state index contributed by atoms with van der Waals surface area (Å²) in [6.07, 6.45) is -6.80. The van der Waals surface area contributed by atoms with Crippen LogP contribution in [0.4, 0.5) is 0 Å². The van der Waals surface area contributed by atoms with Crippen LogP contribution in [0.3, 0.4) is 0 Å². The molecule has 3 fully saturated rings. The van der Waals surface area contributed by atoms with Gasteiger partial charge in [0.25, 0.3) is 0 Å². The fourth-order valence-electron chi connectivity index (χ4n) is 6.74. The second-order valence-electron chi connectivity index (χ2n) is 11.0. The number of carbonyl (C=O) groups is 1. The Labute approximate surface area is 240 Å². The van der Waals surface area contributed by atoms with Crippen LogP contribution in [0.2, 0.25) is 0 Å². The monoisotopic (exact) mass is 588 g/mol. The van der Waals surface area contributed by atoms with E-state index in [1.54, 1.807) is 31.2 Å². The Morgan fingerprint density at radius 3 is 2.26 bits per heavy atom. The van der Waals surface area contributed by atoms with Gasteiger partial charge in [-0.1, -0.05) is 0 Å². The highest BCUT2D eigenvalue weighted by Gasteiger charge is 2.56. The van der Waals surface area contributed by atoms with Crippen LogP contribution in [0.5, 0.6) is 28.7 Å². The molecule has 226 valence electrons. The number of hydrogen-bond acceptors (Lipinski definition) is 13. The van der Waals surface area contributed by atoms with E-state index in [4.69, 9.17) is 42.6 Å². The number of aromatic hydroxyl groups is 1. The lowest BCUT2D eigenvalue weighted by Gasteiger charge is -2.47. The van der Waals surface area contributed by atoms with E-state index in [9.17, 15) is 20.1 Å². The van der Waals surface area contributed by atoms with Gasteiger partial charge in [-0.15, -0.1) is 0 Å². The minimum atomic E-state index is -1.44. The van der Waals surface area contributed by atoms with Crippen LogP contribution in [0.15, 0.2) is 24.3 Å². The number of rotatable bonds is 5. The van der Waals surface area contributed by atoms with E-state index in [1.165, 1.54) is 14.2 Å². The fraction of sp³-hybridized carbons (Fsp3) is 0.552. The first kappa shape index (κ1) is 27.5. The average Bonchev–Trinajstić information content (AvgIpc) is 3.61. The van der Waals surface area contributed by atoms with Crippen molar-refractivity contribution in [3.8, 4) is 28.7 Å². The molecule has 3 N–H and O–H groups in total. The lowest BCUT2D eigenvalue weighted by Crippen LogP contribution is -2.63. The summed E-state index contributed by atoms with van der Waals surface area (Å²) >= 11 is 0. The summed E-state index contributed by atoms with van der Waals surface area (Å²) in [6, 6.07) is 6.93. The fourth-order valence-corrected chi connectivity index (χ4v) is 6.74. The molecule has 4 unspecified atom stereocenters. The molecule has 2 aromatic rings. The molecule has 13 heteroatoms. The third kappa shape index (κ3) is 4.26. The first-order valence-corrected chi connectivity index (χ1v) is 13.8. The van der Waals surface area contributed by atoms with E-state index < -0.39 is 66.8 Å². The van der Waals surface area contributed by atoms with Crippen molar-refractivity contribution in [2.75, 3.05) is 34.2 Å². The van der Waals surface area contributed by atoms with Gasteiger partial charge in [0.2, 0.25) is 12.5 Å². The summed E-state index contributed by atoms with van der Waals surface area (Å²) < 4.78 is 51.5. The summed E-state index contributed by atoms with van der Waals surface area (Å²) in [6.45, 7) is 1.93. The average molecular weight is 589 g/mol. The number of ether oxygens (including phenoxy) is 9. The number of aliphatic hydroxyl groups excluding tert-OH is 2. The van der Waals surface area contributed by atoms with Crippen molar-refractivity contribution in [2.45, 2.75) is 55.9 Å². The molecule has 2 aromatic carbocycles. The lowest BCUT2D eigenvalue weighted by atomic mass is 9.66. The van der Waals surface area contributed by atoms with E-state index in [0.29, 0.717) is 28.2 Å². The van der Waals surface area contributed by atoms with Gasteiger partial charge in [0.1, 0.15) is 24.4 Å². The van der Waals surface area contributed by atoms with Crippen LogP contribution in [0.25, 0.3) is 0 Å². The van der Waals surface area contributed by atoms with Crippen molar-refractivity contribution in [3.05, 3.63) is 41.0 Å². The van der Waals surface area contributed by atoms with Crippen LogP contribution in [0, 0.1) is 11.8 Å². The summed E-state index contributed by atoms with van der Waals surface area (Å²) in [5.41, 5.74) is 2.01. The van der Waals surface area contributed by atoms with Crippen molar-refractivity contribution >= 4 is 5.97 Å². The zero-order chi connectivity index (χ0) is 29.3. The molecule has 4 heterocycles. The number of carbonyl (C=O) groups excluding carboxylic acids is 1. The van der Waals surface area contributed by atoms with Gasteiger partial charge in [0.15, 0.2) is 35.6 Å². The number of benzene rings is 2. The Kier molecular flexibility index (Phi) is 6.83. The molecule has 1 aliphatic carbocycles. The molecule has 4 aliphatic heterocycles. The number of esters is 1. The van der Waals surface area contributed by atoms with Gasteiger partial charge in [-0.3, -0.25) is 4.79 Å². The predicted octanol–water partition coefficient (Wildman–Crippen LogP) is 1.34. The first-order chi connectivity index (χ1) is 20.3. The van der Waals surface area contributed by atoms with E-state index in [-0.39, 0.29) is 37.3 Å². The summed E-state index contributed by atoms with van der Waals surface area (Å²) in [5, 5.41) is 32.5. The van der Waals surface area contributed by atoms with Crippen LogP contribution < -0.4 is 18.9 Å². The quantitative estimate of drug-likeness (QED) is 0.430. The second-order valence-corrected chi connectivity index (χ2v) is 11.0. The van der Waals surface area contributed by atoms with Gasteiger partial charge >= 0.3 is 5.97 Å². The summed E-state index contributed by atoms with van der Waals surface area (Å²) in [7, 11) is 2.86. The van der Waals surface area contributed by atoms with E-state index in [1.807, 2.05) is 0 Å². The molecular formula is C29H32O13. The molecule has 0 saturated carbocycles. The molecule has 0 amide bonds. The number of methoxy groups -OCH3 is 2.